The summed E-state index contributed by atoms with van der Waals surface area (Å²) in [6, 6.07) is 5.45. The highest BCUT2D eigenvalue weighted by Gasteiger charge is 2.27. The Balaban J connectivity index is 2.24. The number of nitrogens with one attached hydrogen (secondary N) is 1. The third-order valence-electron chi connectivity index (χ3n) is 3.67. The van der Waals surface area contributed by atoms with E-state index < -0.39 is 0 Å². The molecular weight excluding hydrogens is 282 g/mol. The average molecular weight is 305 g/mol. The molecule has 2 amide bonds. The second-order valence-corrected chi connectivity index (χ2v) is 5.36. The van der Waals surface area contributed by atoms with Crippen LogP contribution in [0, 0.1) is 0 Å². The lowest BCUT2D eigenvalue weighted by Gasteiger charge is -2.29. The molecule has 1 aromatic carbocycles. The van der Waals surface area contributed by atoms with Crippen molar-refractivity contribution in [3.05, 3.63) is 23.8 Å². The van der Waals surface area contributed by atoms with Gasteiger partial charge in [0.1, 0.15) is 12.3 Å². The molecule has 3 N–H and O–H groups in total. The van der Waals surface area contributed by atoms with E-state index in [-0.39, 0.29) is 31.0 Å². The lowest BCUT2D eigenvalue weighted by Crippen LogP contribution is -2.45. The molecule has 0 bridgehead atoms. The van der Waals surface area contributed by atoms with E-state index in [4.69, 9.17) is 10.5 Å². The van der Waals surface area contributed by atoms with E-state index in [1.165, 1.54) is 4.90 Å². The van der Waals surface area contributed by atoms with Crippen LogP contribution >= 0.6 is 0 Å². The molecule has 2 rings (SSSR count). The Kier molecular flexibility index (Phi) is 5.38. The van der Waals surface area contributed by atoms with Gasteiger partial charge in [-0.15, -0.1) is 0 Å². The molecule has 0 saturated carbocycles. The molecule has 22 heavy (non-hydrogen) atoms. The number of anilines is 1. The van der Waals surface area contributed by atoms with E-state index in [0.29, 0.717) is 18.0 Å². The Morgan fingerprint density at radius 3 is 2.91 bits per heavy atom. The first-order valence-electron chi connectivity index (χ1n) is 7.66. The number of nitrogens with two attached hydrogens (primary N) is 1. The van der Waals surface area contributed by atoms with Gasteiger partial charge in [-0.2, -0.15) is 0 Å². The smallest absolute Gasteiger partial charge is 0.265 e. The maximum atomic E-state index is 12.1. The van der Waals surface area contributed by atoms with Crippen LogP contribution in [0.15, 0.2) is 18.2 Å². The van der Waals surface area contributed by atoms with Gasteiger partial charge in [0.05, 0.1) is 5.69 Å². The van der Waals surface area contributed by atoms with Gasteiger partial charge in [-0.3, -0.25) is 14.5 Å². The molecule has 120 valence electrons. The molecule has 1 atom stereocenters. The Hall–Kier alpha value is -2.08. The Bertz CT molecular complexity index is 560. The number of nitrogens with zero attached hydrogens (tertiary/aromatic N) is 1. The zero-order valence-corrected chi connectivity index (χ0v) is 13.1. The minimum atomic E-state index is -0.221. The molecular formula is C16H23N3O3. The zero-order chi connectivity index (χ0) is 16.1. The van der Waals surface area contributed by atoms with Crippen LogP contribution in [-0.2, 0) is 9.59 Å². The van der Waals surface area contributed by atoms with E-state index in [1.807, 2.05) is 32.0 Å². The zero-order valence-electron chi connectivity index (χ0n) is 13.1. The molecule has 0 aromatic heterocycles. The molecule has 0 saturated heterocycles. The summed E-state index contributed by atoms with van der Waals surface area (Å²) in [5, 5.41) is 2.78. The minimum Gasteiger partial charge on any atom is -0.482 e. The third-order valence-corrected chi connectivity index (χ3v) is 3.67. The minimum absolute atomic E-state index is 0.00000968. The maximum Gasteiger partial charge on any atom is 0.265 e. The van der Waals surface area contributed by atoms with E-state index >= 15 is 0 Å². The summed E-state index contributed by atoms with van der Waals surface area (Å²) in [4.78, 5) is 25.5. The van der Waals surface area contributed by atoms with Gasteiger partial charge in [0, 0.05) is 12.6 Å². The number of benzene rings is 1. The molecule has 1 heterocycles. The molecule has 6 heteroatoms. The number of hydrogen-bond acceptors (Lipinski definition) is 4. The van der Waals surface area contributed by atoms with Gasteiger partial charge >= 0.3 is 0 Å². The normalized spacial score (nSPS) is 15.0. The topological polar surface area (TPSA) is 84.7 Å². The summed E-state index contributed by atoms with van der Waals surface area (Å²) in [7, 11) is 0. The predicted octanol–water partition coefficient (Wildman–Crippen LogP) is 1.35. The van der Waals surface area contributed by atoms with Crippen molar-refractivity contribution < 1.29 is 14.3 Å². The van der Waals surface area contributed by atoms with Crippen LogP contribution < -0.4 is 20.7 Å². The molecule has 0 radical (unpaired) electrons. The summed E-state index contributed by atoms with van der Waals surface area (Å²) in [5.74, 6) is 0.213. The van der Waals surface area contributed by atoms with E-state index in [9.17, 15) is 9.59 Å². The summed E-state index contributed by atoms with van der Waals surface area (Å²) < 4.78 is 5.43. The van der Waals surface area contributed by atoms with Gasteiger partial charge in [-0.1, -0.05) is 19.9 Å². The Labute approximate surface area is 130 Å². The van der Waals surface area contributed by atoms with Crippen LogP contribution in [0.4, 0.5) is 5.69 Å². The fraction of sp³-hybridized carbons (Fsp3) is 0.500. The van der Waals surface area contributed by atoms with Crippen LogP contribution in [0.25, 0.3) is 0 Å². The molecule has 1 aliphatic rings. The van der Waals surface area contributed by atoms with Crippen LogP contribution in [0.2, 0.25) is 0 Å². The first-order chi connectivity index (χ1) is 10.6. The fourth-order valence-electron chi connectivity index (χ4n) is 2.32. The lowest BCUT2D eigenvalue weighted by atomic mass is 10.0. The number of fused-ring (bicyclic) bond motifs is 1. The van der Waals surface area contributed by atoms with Gasteiger partial charge < -0.3 is 15.8 Å². The summed E-state index contributed by atoms with van der Waals surface area (Å²) in [5.41, 5.74) is 7.60. The summed E-state index contributed by atoms with van der Waals surface area (Å²) in [6.07, 6.45) is 1.65. The molecule has 1 unspecified atom stereocenters. The van der Waals surface area contributed by atoms with Gasteiger partial charge in [0.15, 0.2) is 6.61 Å². The highest BCUT2D eigenvalue weighted by Crippen LogP contribution is 2.34. The lowest BCUT2D eigenvalue weighted by molar-refractivity contribution is -0.125. The Morgan fingerprint density at radius 1 is 1.45 bits per heavy atom. The second kappa shape index (κ2) is 7.26. The average Bonchev–Trinajstić information content (AvgIpc) is 2.54. The van der Waals surface area contributed by atoms with E-state index in [1.54, 1.807) is 0 Å². The van der Waals surface area contributed by atoms with Gasteiger partial charge in [0.25, 0.3) is 5.91 Å². The first kappa shape index (κ1) is 16.3. The molecule has 0 fully saturated rings. The van der Waals surface area contributed by atoms with Crippen molar-refractivity contribution in [2.75, 3.05) is 24.6 Å². The number of carbonyl (C=O) groups is 2. The second-order valence-electron chi connectivity index (χ2n) is 5.36. The maximum absolute atomic E-state index is 12.1. The van der Waals surface area contributed by atoms with Gasteiger partial charge in [-0.05, 0) is 30.5 Å². The standard InChI is InChI=1S/C16H23N3O3/c1-3-7-18-15(20)9-19-13-8-11(12(17)4-2)5-6-14(13)22-10-16(19)21/h5-6,8,12H,3-4,7,9-10,17H2,1-2H3,(H,18,20). The van der Waals surface area contributed by atoms with Gasteiger partial charge in [0.2, 0.25) is 5.91 Å². The number of amides is 2. The fourth-order valence-corrected chi connectivity index (χ4v) is 2.32. The van der Waals surface area contributed by atoms with Crippen molar-refractivity contribution >= 4 is 17.5 Å². The van der Waals surface area contributed by atoms with Crippen molar-refractivity contribution in [3.8, 4) is 5.75 Å². The SMILES string of the molecule is CCCNC(=O)CN1C(=O)COc2ccc(C(N)CC)cc21. The monoisotopic (exact) mass is 305 g/mol. The van der Waals surface area contributed by atoms with E-state index in [0.717, 1.165) is 18.4 Å². The number of carbonyl (C=O) groups excluding carboxylic acids is 2. The number of ether oxygens (including phenoxy) is 1. The molecule has 1 aliphatic heterocycles. The van der Waals surface area contributed by atoms with Crippen molar-refractivity contribution in [3.63, 3.8) is 0 Å². The van der Waals surface area contributed by atoms with Crippen LogP contribution in [0.5, 0.6) is 5.75 Å². The Morgan fingerprint density at radius 2 is 2.23 bits per heavy atom. The molecule has 6 nitrogen and oxygen atoms in total. The third kappa shape index (κ3) is 3.57. The highest BCUT2D eigenvalue weighted by molar-refractivity contribution is 6.02. The van der Waals surface area contributed by atoms with Crippen molar-refractivity contribution in [1.29, 1.82) is 0 Å². The van der Waals surface area contributed by atoms with Crippen LogP contribution in [0.1, 0.15) is 38.3 Å². The largest absolute Gasteiger partial charge is 0.482 e. The predicted molar refractivity (Wildman–Crippen MR) is 84.8 cm³/mol. The van der Waals surface area contributed by atoms with Crippen molar-refractivity contribution in [1.82, 2.24) is 5.32 Å². The summed E-state index contributed by atoms with van der Waals surface area (Å²) in [6.45, 7) is 4.54. The molecule has 0 spiro atoms. The number of rotatable bonds is 6. The van der Waals surface area contributed by atoms with Crippen LogP contribution in [-0.4, -0.2) is 31.5 Å². The molecule has 1 aromatic rings. The quantitative estimate of drug-likeness (QED) is 0.831. The molecule has 0 aliphatic carbocycles. The van der Waals surface area contributed by atoms with Gasteiger partial charge in [-0.25, -0.2) is 0 Å². The van der Waals surface area contributed by atoms with Crippen molar-refractivity contribution in [2.24, 2.45) is 5.73 Å². The first-order valence-corrected chi connectivity index (χ1v) is 7.66. The number of hydrogen-bond donors (Lipinski definition) is 2. The van der Waals surface area contributed by atoms with E-state index in [2.05, 4.69) is 5.32 Å². The van der Waals surface area contributed by atoms with Crippen LogP contribution in [0.3, 0.4) is 0 Å². The highest BCUT2D eigenvalue weighted by atomic mass is 16.5. The van der Waals surface area contributed by atoms with Crippen molar-refractivity contribution in [2.45, 2.75) is 32.7 Å². The summed E-state index contributed by atoms with van der Waals surface area (Å²) >= 11 is 0.